The van der Waals surface area contributed by atoms with Crippen LogP contribution in [0.5, 0.6) is 0 Å². The zero-order valence-corrected chi connectivity index (χ0v) is 16.0. The number of aryl methyl sites for hydroxylation is 1. The van der Waals surface area contributed by atoms with Crippen LogP contribution in [0.3, 0.4) is 0 Å². The van der Waals surface area contributed by atoms with Gasteiger partial charge in [0.05, 0.1) is 18.4 Å². The molecule has 2 aliphatic heterocycles. The Morgan fingerprint density at radius 3 is 2.62 bits per heavy atom. The quantitative estimate of drug-likeness (QED) is 0.725. The summed E-state index contributed by atoms with van der Waals surface area (Å²) in [7, 11) is 0. The number of ether oxygens (including phenoxy) is 1. The van der Waals surface area contributed by atoms with Gasteiger partial charge in [-0.3, -0.25) is 0 Å². The van der Waals surface area contributed by atoms with Crippen molar-refractivity contribution in [2.24, 2.45) is 5.92 Å². The van der Waals surface area contributed by atoms with Gasteiger partial charge in [0.15, 0.2) is 0 Å². The number of aromatic nitrogens is 3. The molecule has 0 spiro atoms. The van der Waals surface area contributed by atoms with E-state index in [1.807, 2.05) is 6.07 Å². The van der Waals surface area contributed by atoms with Gasteiger partial charge in [-0.15, -0.1) is 5.10 Å². The molecule has 5 rings (SSSR count). The first kappa shape index (κ1) is 18.1. The van der Waals surface area contributed by atoms with E-state index in [1.54, 1.807) is 0 Å². The second-order valence-corrected chi connectivity index (χ2v) is 7.69. The maximum absolute atomic E-state index is 13.5. The van der Waals surface area contributed by atoms with E-state index < -0.39 is 11.6 Å². The van der Waals surface area contributed by atoms with Crippen molar-refractivity contribution < 1.29 is 13.5 Å². The normalized spacial score (nSPS) is 20.9. The van der Waals surface area contributed by atoms with Gasteiger partial charge < -0.3 is 15.0 Å². The highest BCUT2D eigenvalue weighted by Gasteiger charge is 2.37. The van der Waals surface area contributed by atoms with Gasteiger partial charge in [0.25, 0.3) is 0 Å². The number of nitrogens with one attached hydrogen (secondary N) is 1. The summed E-state index contributed by atoms with van der Waals surface area (Å²) >= 11 is 0. The number of nitrogens with zero attached hydrogens (tertiary/aromatic N) is 4. The van der Waals surface area contributed by atoms with Gasteiger partial charge >= 0.3 is 0 Å². The number of piperidine rings is 1. The minimum absolute atomic E-state index is 0.276. The van der Waals surface area contributed by atoms with Crippen molar-refractivity contribution in [3.63, 3.8) is 0 Å². The molecule has 2 saturated heterocycles. The standard InChI is InChI=1S/C21H21F2N5O/c1-13-4-17(9-18(5-13)27-3-2-20-14(10-27)11-29-20)25-21-24-12-28(26-21)19-7-15(22)6-16(23)8-19/h4-9,12,14,20H,2-3,10-11H2,1H3,(H,25,26). The molecule has 150 valence electrons. The zero-order valence-electron chi connectivity index (χ0n) is 16.0. The van der Waals surface area contributed by atoms with E-state index in [1.165, 1.54) is 23.1 Å². The Labute approximate surface area is 167 Å². The van der Waals surface area contributed by atoms with Gasteiger partial charge in [0.2, 0.25) is 5.95 Å². The van der Waals surface area contributed by atoms with Crippen LogP contribution in [-0.2, 0) is 4.74 Å². The maximum atomic E-state index is 13.5. The van der Waals surface area contributed by atoms with Crippen molar-refractivity contribution in [3.8, 4) is 5.69 Å². The van der Waals surface area contributed by atoms with Crippen LogP contribution in [0, 0.1) is 24.5 Å². The predicted octanol–water partition coefficient (Wildman–Crippen LogP) is 3.82. The molecule has 1 N–H and O–H groups in total. The van der Waals surface area contributed by atoms with Gasteiger partial charge in [-0.2, -0.15) is 4.98 Å². The average Bonchev–Trinajstić information content (AvgIpc) is 3.10. The lowest BCUT2D eigenvalue weighted by Crippen LogP contribution is -2.53. The summed E-state index contributed by atoms with van der Waals surface area (Å²) in [6.45, 7) is 4.88. The number of hydrogen-bond donors (Lipinski definition) is 1. The fourth-order valence-electron chi connectivity index (χ4n) is 4.01. The van der Waals surface area contributed by atoms with Crippen molar-refractivity contribution >= 4 is 17.3 Å². The van der Waals surface area contributed by atoms with Crippen LogP contribution in [0.4, 0.5) is 26.1 Å². The topological polar surface area (TPSA) is 55.2 Å². The van der Waals surface area contributed by atoms with Crippen molar-refractivity contribution in [2.75, 3.05) is 29.9 Å². The highest BCUT2D eigenvalue weighted by atomic mass is 19.1. The van der Waals surface area contributed by atoms with Crippen LogP contribution < -0.4 is 10.2 Å². The first-order valence-corrected chi connectivity index (χ1v) is 9.67. The molecule has 2 aromatic carbocycles. The summed E-state index contributed by atoms with van der Waals surface area (Å²) in [5.41, 5.74) is 3.43. The number of benzene rings is 2. The molecule has 1 aromatic heterocycles. The van der Waals surface area contributed by atoms with E-state index in [2.05, 4.69) is 39.4 Å². The number of halogens is 2. The molecule has 2 unspecified atom stereocenters. The molecular formula is C21H21F2N5O. The second kappa shape index (κ2) is 7.11. The minimum atomic E-state index is -0.658. The molecule has 29 heavy (non-hydrogen) atoms. The Morgan fingerprint density at radius 2 is 1.90 bits per heavy atom. The lowest BCUT2D eigenvalue weighted by atomic mass is 9.90. The Hall–Kier alpha value is -3.00. The molecule has 2 aliphatic rings. The fraction of sp³-hybridized carbons (Fsp3) is 0.333. The monoisotopic (exact) mass is 397 g/mol. The highest BCUT2D eigenvalue weighted by molar-refractivity contribution is 5.64. The van der Waals surface area contributed by atoms with E-state index in [0.717, 1.165) is 49.1 Å². The number of fused-ring (bicyclic) bond motifs is 1. The lowest BCUT2D eigenvalue weighted by Gasteiger charge is -2.46. The zero-order chi connectivity index (χ0) is 20.0. The van der Waals surface area contributed by atoms with Crippen LogP contribution in [0.15, 0.2) is 42.7 Å². The minimum Gasteiger partial charge on any atom is -0.377 e. The molecule has 8 heteroatoms. The molecule has 2 atom stereocenters. The van der Waals surface area contributed by atoms with E-state index in [9.17, 15) is 8.78 Å². The van der Waals surface area contributed by atoms with Crippen LogP contribution in [-0.4, -0.2) is 40.6 Å². The van der Waals surface area contributed by atoms with Crippen molar-refractivity contribution in [1.82, 2.24) is 14.8 Å². The van der Waals surface area contributed by atoms with Crippen molar-refractivity contribution in [3.05, 3.63) is 59.9 Å². The van der Waals surface area contributed by atoms with Gasteiger partial charge in [0.1, 0.15) is 18.0 Å². The molecule has 0 amide bonds. The van der Waals surface area contributed by atoms with E-state index in [-0.39, 0.29) is 5.69 Å². The van der Waals surface area contributed by atoms with Gasteiger partial charge in [0, 0.05) is 36.4 Å². The summed E-state index contributed by atoms with van der Waals surface area (Å²) < 4.78 is 33.9. The lowest BCUT2D eigenvalue weighted by molar-refractivity contribution is -0.121. The summed E-state index contributed by atoms with van der Waals surface area (Å²) in [5, 5.41) is 7.49. The van der Waals surface area contributed by atoms with Gasteiger partial charge in [-0.05, 0) is 49.2 Å². The molecule has 0 radical (unpaired) electrons. The average molecular weight is 397 g/mol. The fourth-order valence-corrected chi connectivity index (χ4v) is 4.01. The number of rotatable bonds is 4. The predicted molar refractivity (Wildman–Crippen MR) is 106 cm³/mol. The summed E-state index contributed by atoms with van der Waals surface area (Å²) in [6, 6.07) is 9.51. The molecule has 6 nitrogen and oxygen atoms in total. The van der Waals surface area contributed by atoms with Crippen LogP contribution >= 0.6 is 0 Å². The molecule has 0 bridgehead atoms. The van der Waals surface area contributed by atoms with E-state index in [4.69, 9.17) is 4.74 Å². The Balaban J connectivity index is 1.35. The Kier molecular flexibility index (Phi) is 4.43. The first-order chi connectivity index (χ1) is 14.0. The summed E-state index contributed by atoms with van der Waals surface area (Å²) in [4.78, 5) is 6.61. The highest BCUT2D eigenvalue weighted by Crippen LogP contribution is 2.33. The van der Waals surface area contributed by atoms with E-state index >= 15 is 0 Å². The number of anilines is 3. The molecule has 0 saturated carbocycles. The Bertz CT molecular complexity index is 1030. The molecule has 3 heterocycles. The second-order valence-electron chi connectivity index (χ2n) is 7.69. The molecule has 2 fully saturated rings. The number of hydrogen-bond acceptors (Lipinski definition) is 5. The largest absolute Gasteiger partial charge is 0.377 e. The molecule has 3 aromatic rings. The first-order valence-electron chi connectivity index (χ1n) is 9.67. The van der Waals surface area contributed by atoms with Crippen LogP contribution in [0.1, 0.15) is 12.0 Å². The third-order valence-corrected chi connectivity index (χ3v) is 5.48. The van der Waals surface area contributed by atoms with Gasteiger partial charge in [-0.25, -0.2) is 13.5 Å². The summed E-state index contributed by atoms with van der Waals surface area (Å²) in [5.74, 6) is -0.343. The third-order valence-electron chi connectivity index (χ3n) is 5.48. The van der Waals surface area contributed by atoms with Crippen LogP contribution in [0.2, 0.25) is 0 Å². The van der Waals surface area contributed by atoms with Crippen LogP contribution in [0.25, 0.3) is 5.69 Å². The molecular weight excluding hydrogens is 376 g/mol. The smallest absolute Gasteiger partial charge is 0.246 e. The summed E-state index contributed by atoms with van der Waals surface area (Å²) in [6.07, 6.45) is 2.90. The SMILES string of the molecule is Cc1cc(Nc2ncn(-c3cc(F)cc(F)c3)n2)cc(N2CCC3OCC3C2)c1. The maximum Gasteiger partial charge on any atom is 0.246 e. The Morgan fingerprint density at radius 1 is 1.07 bits per heavy atom. The van der Waals surface area contributed by atoms with E-state index in [0.29, 0.717) is 18.0 Å². The van der Waals surface area contributed by atoms with Crippen molar-refractivity contribution in [2.45, 2.75) is 19.4 Å². The van der Waals surface area contributed by atoms with Gasteiger partial charge in [-0.1, -0.05) is 0 Å². The van der Waals surface area contributed by atoms with Crippen molar-refractivity contribution in [1.29, 1.82) is 0 Å². The third kappa shape index (κ3) is 3.67. The molecule has 0 aliphatic carbocycles.